The Bertz CT molecular complexity index is 612. The molecule has 122 valence electrons. The van der Waals surface area contributed by atoms with E-state index in [1.165, 1.54) is 12.8 Å². The molecular formula is C15H23N3O3S. The summed E-state index contributed by atoms with van der Waals surface area (Å²) >= 11 is 0. The molecule has 7 heteroatoms. The molecule has 1 aliphatic carbocycles. The quantitative estimate of drug-likeness (QED) is 0.646. The van der Waals surface area contributed by atoms with Crippen LogP contribution in [-0.4, -0.2) is 33.2 Å². The van der Waals surface area contributed by atoms with Gasteiger partial charge in [-0.25, -0.2) is 8.42 Å². The van der Waals surface area contributed by atoms with Crippen LogP contribution in [0.25, 0.3) is 0 Å². The standard InChI is InChI=1S/C15H23N3O3S/c1-2-8-22(20,21)18-14-5-3-4-13(9-14)17-15(19)11-16-10-12-6-7-12/h3-5,9,12,16,18H,2,6-8,10-11H2,1H3,(H,17,19). The van der Waals surface area contributed by atoms with Crippen LogP contribution in [0.2, 0.25) is 0 Å². The van der Waals surface area contributed by atoms with Crippen molar-refractivity contribution in [2.45, 2.75) is 26.2 Å². The number of rotatable bonds is 9. The van der Waals surface area contributed by atoms with Crippen LogP contribution >= 0.6 is 0 Å². The van der Waals surface area contributed by atoms with E-state index in [0.29, 0.717) is 17.8 Å². The van der Waals surface area contributed by atoms with Crippen molar-refractivity contribution in [3.8, 4) is 0 Å². The van der Waals surface area contributed by atoms with Crippen molar-refractivity contribution in [3.05, 3.63) is 24.3 Å². The van der Waals surface area contributed by atoms with Crippen molar-refractivity contribution >= 4 is 27.3 Å². The Morgan fingerprint density at radius 2 is 2.00 bits per heavy atom. The highest BCUT2D eigenvalue weighted by Gasteiger charge is 2.20. The zero-order chi connectivity index (χ0) is 16.0. The summed E-state index contributed by atoms with van der Waals surface area (Å²) in [5, 5.41) is 5.87. The molecule has 1 aromatic carbocycles. The molecule has 0 saturated heterocycles. The smallest absolute Gasteiger partial charge is 0.238 e. The lowest BCUT2D eigenvalue weighted by Crippen LogP contribution is -2.29. The van der Waals surface area contributed by atoms with Gasteiger partial charge in [0.1, 0.15) is 0 Å². The van der Waals surface area contributed by atoms with E-state index in [0.717, 1.165) is 12.5 Å². The lowest BCUT2D eigenvalue weighted by Gasteiger charge is -2.10. The molecule has 1 aliphatic rings. The summed E-state index contributed by atoms with van der Waals surface area (Å²) < 4.78 is 26.0. The molecule has 2 rings (SSSR count). The van der Waals surface area contributed by atoms with Crippen LogP contribution in [-0.2, 0) is 14.8 Å². The van der Waals surface area contributed by atoms with Gasteiger partial charge in [-0.2, -0.15) is 0 Å². The topological polar surface area (TPSA) is 87.3 Å². The van der Waals surface area contributed by atoms with E-state index < -0.39 is 10.0 Å². The average Bonchev–Trinajstić information content (AvgIpc) is 3.22. The predicted molar refractivity (Wildman–Crippen MR) is 88.4 cm³/mol. The van der Waals surface area contributed by atoms with Gasteiger partial charge < -0.3 is 10.6 Å². The lowest BCUT2D eigenvalue weighted by molar-refractivity contribution is -0.115. The van der Waals surface area contributed by atoms with Crippen molar-refractivity contribution in [2.24, 2.45) is 5.92 Å². The maximum Gasteiger partial charge on any atom is 0.238 e. The highest BCUT2D eigenvalue weighted by atomic mass is 32.2. The number of benzene rings is 1. The monoisotopic (exact) mass is 325 g/mol. The van der Waals surface area contributed by atoms with E-state index in [4.69, 9.17) is 0 Å². The second-order valence-electron chi connectivity index (χ2n) is 5.62. The van der Waals surface area contributed by atoms with Gasteiger partial charge in [-0.3, -0.25) is 9.52 Å². The minimum atomic E-state index is -3.32. The third kappa shape index (κ3) is 6.03. The van der Waals surface area contributed by atoms with Gasteiger partial charge in [0.15, 0.2) is 0 Å². The van der Waals surface area contributed by atoms with E-state index in [9.17, 15) is 13.2 Å². The number of hydrogen-bond donors (Lipinski definition) is 3. The van der Waals surface area contributed by atoms with Gasteiger partial charge in [-0.15, -0.1) is 0 Å². The molecule has 1 fully saturated rings. The summed E-state index contributed by atoms with van der Waals surface area (Å²) in [4.78, 5) is 11.8. The molecule has 0 aliphatic heterocycles. The summed E-state index contributed by atoms with van der Waals surface area (Å²) in [7, 11) is -3.32. The van der Waals surface area contributed by atoms with E-state index >= 15 is 0 Å². The molecule has 22 heavy (non-hydrogen) atoms. The number of hydrogen-bond acceptors (Lipinski definition) is 4. The molecule has 0 aromatic heterocycles. The number of sulfonamides is 1. The summed E-state index contributed by atoms with van der Waals surface area (Å²) in [6.07, 6.45) is 3.04. The fourth-order valence-corrected chi connectivity index (χ4v) is 3.20. The van der Waals surface area contributed by atoms with Gasteiger partial charge in [0.2, 0.25) is 15.9 Å². The summed E-state index contributed by atoms with van der Waals surface area (Å²) in [6, 6.07) is 6.72. The van der Waals surface area contributed by atoms with Crippen molar-refractivity contribution < 1.29 is 13.2 Å². The molecule has 0 heterocycles. The third-order valence-corrected chi connectivity index (χ3v) is 4.80. The minimum absolute atomic E-state index is 0.0780. The maximum absolute atomic E-state index is 11.8. The van der Waals surface area contributed by atoms with Crippen LogP contribution in [0.1, 0.15) is 26.2 Å². The Labute approximate surface area is 131 Å². The third-order valence-electron chi connectivity index (χ3n) is 3.31. The normalized spacial score (nSPS) is 14.6. The van der Waals surface area contributed by atoms with Crippen molar-refractivity contribution in [3.63, 3.8) is 0 Å². The number of carbonyl (C=O) groups is 1. The second kappa shape index (κ2) is 7.60. The Morgan fingerprint density at radius 3 is 2.68 bits per heavy atom. The molecule has 0 unspecified atom stereocenters. The van der Waals surface area contributed by atoms with Crippen LogP contribution in [0.5, 0.6) is 0 Å². The van der Waals surface area contributed by atoms with Crippen LogP contribution < -0.4 is 15.4 Å². The van der Waals surface area contributed by atoms with Crippen LogP contribution in [0.3, 0.4) is 0 Å². The van der Waals surface area contributed by atoms with Crippen LogP contribution in [0, 0.1) is 5.92 Å². The zero-order valence-electron chi connectivity index (χ0n) is 12.8. The summed E-state index contributed by atoms with van der Waals surface area (Å²) in [5.74, 6) is 0.674. The number of carbonyl (C=O) groups excluding carboxylic acids is 1. The van der Waals surface area contributed by atoms with Crippen molar-refractivity contribution in [1.82, 2.24) is 5.32 Å². The first kappa shape index (κ1) is 16.8. The highest BCUT2D eigenvalue weighted by molar-refractivity contribution is 7.92. The molecular weight excluding hydrogens is 302 g/mol. The molecule has 3 N–H and O–H groups in total. The molecule has 0 bridgehead atoms. The Morgan fingerprint density at radius 1 is 1.27 bits per heavy atom. The maximum atomic E-state index is 11.8. The Balaban J connectivity index is 1.85. The van der Waals surface area contributed by atoms with E-state index in [2.05, 4.69) is 15.4 Å². The number of anilines is 2. The second-order valence-corrected chi connectivity index (χ2v) is 7.47. The van der Waals surface area contributed by atoms with Gasteiger partial charge in [0, 0.05) is 5.69 Å². The first-order valence-corrected chi connectivity index (χ1v) is 9.25. The molecule has 0 spiro atoms. The van der Waals surface area contributed by atoms with E-state index in [1.807, 2.05) is 6.92 Å². The molecule has 0 radical (unpaired) electrons. The average molecular weight is 325 g/mol. The first-order valence-electron chi connectivity index (χ1n) is 7.59. The predicted octanol–water partition coefficient (Wildman–Crippen LogP) is 1.78. The minimum Gasteiger partial charge on any atom is -0.325 e. The van der Waals surface area contributed by atoms with Gasteiger partial charge >= 0.3 is 0 Å². The number of nitrogens with one attached hydrogen (secondary N) is 3. The largest absolute Gasteiger partial charge is 0.325 e. The highest BCUT2D eigenvalue weighted by Crippen LogP contribution is 2.27. The number of amides is 1. The van der Waals surface area contributed by atoms with Gasteiger partial charge in [-0.05, 0) is 49.9 Å². The van der Waals surface area contributed by atoms with E-state index in [1.54, 1.807) is 24.3 Å². The van der Waals surface area contributed by atoms with Gasteiger partial charge in [-0.1, -0.05) is 13.0 Å². The molecule has 6 nitrogen and oxygen atoms in total. The summed E-state index contributed by atoms with van der Waals surface area (Å²) in [6.45, 7) is 2.96. The molecule has 1 saturated carbocycles. The fraction of sp³-hybridized carbons (Fsp3) is 0.533. The lowest BCUT2D eigenvalue weighted by atomic mass is 10.3. The van der Waals surface area contributed by atoms with Gasteiger partial charge in [0.25, 0.3) is 0 Å². The van der Waals surface area contributed by atoms with Crippen LogP contribution in [0.4, 0.5) is 11.4 Å². The first-order chi connectivity index (χ1) is 10.5. The van der Waals surface area contributed by atoms with Crippen molar-refractivity contribution in [2.75, 3.05) is 28.9 Å². The molecule has 1 aromatic rings. The van der Waals surface area contributed by atoms with Crippen molar-refractivity contribution in [1.29, 1.82) is 0 Å². The molecule has 1 amide bonds. The Hall–Kier alpha value is -1.60. The summed E-state index contributed by atoms with van der Waals surface area (Å²) in [5.41, 5.74) is 1.03. The van der Waals surface area contributed by atoms with Crippen LogP contribution in [0.15, 0.2) is 24.3 Å². The Kier molecular flexibility index (Phi) is 5.79. The SMILES string of the molecule is CCCS(=O)(=O)Nc1cccc(NC(=O)CNCC2CC2)c1. The van der Waals surface area contributed by atoms with Gasteiger partial charge in [0.05, 0.1) is 18.0 Å². The molecule has 0 atom stereocenters. The zero-order valence-corrected chi connectivity index (χ0v) is 13.6. The van der Waals surface area contributed by atoms with E-state index in [-0.39, 0.29) is 18.2 Å². The fourth-order valence-electron chi connectivity index (χ4n) is 2.08.